The molecule has 1 aliphatic rings. The zero-order valence-corrected chi connectivity index (χ0v) is 16.2. The zero-order valence-electron chi connectivity index (χ0n) is 16.2. The molecule has 0 saturated carbocycles. The third-order valence-electron chi connectivity index (χ3n) is 4.67. The number of aliphatic hydroxyl groups excluding tert-OH is 1. The fourth-order valence-corrected chi connectivity index (χ4v) is 3.41. The summed E-state index contributed by atoms with van der Waals surface area (Å²) in [7, 11) is 0. The Balaban J connectivity index is 2.27. The molecule has 0 fully saturated rings. The molecule has 0 aliphatic carbocycles. The average Bonchev–Trinajstić information content (AvgIpc) is 2.60. The highest BCUT2D eigenvalue weighted by molar-refractivity contribution is 6.02. The largest absolute Gasteiger partial charge is 0.459 e. The Labute approximate surface area is 156 Å². The van der Waals surface area contributed by atoms with Crippen LogP contribution in [-0.4, -0.2) is 30.5 Å². The van der Waals surface area contributed by atoms with E-state index in [1.807, 2.05) is 43.3 Å². The second-order valence-corrected chi connectivity index (χ2v) is 7.71. The number of nitrogens with one attached hydrogen (secondary N) is 1. The number of ether oxygens (including phenoxy) is 2. The third kappa shape index (κ3) is 5.32. The Kier molecular flexibility index (Phi) is 7.23. The average molecular weight is 361 g/mol. The van der Waals surface area contributed by atoms with E-state index >= 15 is 0 Å². The van der Waals surface area contributed by atoms with Gasteiger partial charge in [-0.2, -0.15) is 0 Å². The van der Waals surface area contributed by atoms with E-state index in [-0.39, 0.29) is 29.8 Å². The monoisotopic (exact) mass is 361 g/mol. The van der Waals surface area contributed by atoms with Crippen molar-refractivity contribution in [2.75, 3.05) is 18.5 Å². The summed E-state index contributed by atoms with van der Waals surface area (Å²) in [5.41, 5.74) is 0.669. The van der Waals surface area contributed by atoms with Crippen molar-refractivity contribution in [1.29, 1.82) is 0 Å². The van der Waals surface area contributed by atoms with Crippen LogP contribution in [0.1, 0.15) is 40.5 Å². The second-order valence-electron chi connectivity index (χ2n) is 7.71. The van der Waals surface area contributed by atoms with E-state index in [0.29, 0.717) is 18.8 Å². The number of allylic oxidation sites excluding steroid dienone is 1. The Bertz CT molecular complexity index is 606. The van der Waals surface area contributed by atoms with Crippen molar-refractivity contribution in [1.82, 2.24) is 0 Å². The summed E-state index contributed by atoms with van der Waals surface area (Å²) < 4.78 is 11.8. The number of amides is 1. The maximum Gasteiger partial charge on any atom is 0.290 e. The van der Waals surface area contributed by atoms with E-state index in [1.165, 1.54) is 0 Å². The molecule has 3 atom stereocenters. The van der Waals surface area contributed by atoms with Crippen LogP contribution in [0.15, 0.2) is 42.2 Å². The van der Waals surface area contributed by atoms with Crippen molar-refractivity contribution in [2.45, 2.75) is 46.8 Å². The van der Waals surface area contributed by atoms with Gasteiger partial charge in [0.2, 0.25) is 6.29 Å². The Morgan fingerprint density at radius 1 is 1.27 bits per heavy atom. The van der Waals surface area contributed by atoms with Crippen molar-refractivity contribution in [3.63, 3.8) is 0 Å². The van der Waals surface area contributed by atoms with Crippen LogP contribution in [0, 0.1) is 17.3 Å². The van der Waals surface area contributed by atoms with Gasteiger partial charge in [0, 0.05) is 24.8 Å². The quantitative estimate of drug-likeness (QED) is 0.771. The van der Waals surface area contributed by atoms with Crippen molar-refractivity contribution in [3.05, 3.63) is 42.2 Å². The van der Waals surface area contributed by atoms with Crippen LogP contribution in [0.4, 0.5) is 5.69 Å². The molecular weight excluding hydrogens is 330 g/mol. The van der Waals surface area contributed by atoms with E-state index < -0.39 is 6.29 Å². The number of carbonyl (C=O) groups excluding carboxylic acids is 1. The first-order valence-electron chi connectivity index (χ1n) is 9.34. The van der Waals surface area contributed by atoms with E-state index in [9.17, 15) is 9.90 Å². The number of anilines is 1. The van der Waals surface area contributed by atoms with Gasteiger partial charge >= 0.3 is 0 Å². The highest BCUT2D eigenvalue weighted by Gasteiger charge is 2.42. The predicted molar refractivity (Wildman–Crippen MR) is 102 cm³/mol. The number of carbonyl (C=O) groups is 1. The lowest BCUT2D eigenvalue weighted by molar-refractivity contribution is -0.178. The molecule has 2 rings (SSSR count). The predicted octanol–water partition coefficient (Wildman–Crippen LogP) is 3.95. The lowest BCUT2D eigenvalue weighted by Crippen LogP contribution is -2.42. The van der Waals surface area contributed by atoms with Crippen LogP contribution in [0.5, 0.6) is 0 Å². The molecule has 0 radical (unpaired) electrons. The molecule has 0 aromatic heterocycles. The lowest BCUT2D eigenvalue weighted by atomic mass is 9.70. The summed E-state index contributed by atoms with van der Waals surface area (Å²) in [5.74, 6) is 0.231. The van der Waals surface area contributed by atoms with E-state index in [1.54, 1.807) is 0 Å². The molecule has 0 saturated heterocycles. The number of para-hydroxylation sites is 1. The number of benzene rings is 1. The molecule has 1 aromatic rings. The van der Waals surface area contributed by atoms with Gasteiger partial charge in [-0.3, -0.25) is 4.79 Å². The minimum atomic E-state index is -0.489. The van der Waals surface area contributed by atoms with Gasteiger partial charge in [-0.1, -0.05) is 39.0 Å². The zero-order chi connectivity index (χ0) is 19.2. The van der Waals surface area contributed by atoms with Crippen LogP contribution in [0.3, 0.4) is 0 Å². The summed E-state index contributed by atoms with van der Waals surface area (Å²) in [6.45, 7) is 9.02. The third-order valence-corrected chi connectivity index (χ3v) is 4.67. The molecule has 2 N–H and O–H groups in total. The number of aliphatic hydroxyl groups is 1. The molecule has 1 heterocycles. The van der Waals surface area contributed by atoms with Crippen molar-refractivity contribution in [2.24, 2.45) is 17.3 Å². The molecule has 1 aliphatic heterocycles. The molecule has 1 aromatic carbocycles. The van der Waals surface area contributed by atoms with E-state index in [0.717, 1.165) is 12.1 Å². The molecule has 1 amide bonds. The van der Waals surface area contributed by atoms with Crippen LogP contribution in [-0.2, 0) is 14.3 Å². The van der Waals surface area contributed by atoms with Crippen molar-refractivity contribution < 1.29 is 19.4 Å². The normalized spacial score (nSPS) is 23.1. The highest BCUT2D eigenvalue weighted by Crippen LogP contribution is 2.42. The lowest BCUT2D eigenvalue weighted by Gasteiger charge is -2.42. The molecule has 0 bridgehead atoms. The van der Waals surface area contributed by atoms with E-state index in [2.05, 4.69) is 26.1 Å². The highest BCUT2D eigenvalue weighted by atomic mass is 16.7. The maximum atomic E-state index is 12.7. The van der Waals surface area contributed by atoms with Gasteiger partial charge in [-0.05, 0) is 49.3 Å². The Morgan fingerprint density at radius 3 is 2.54 bits per heavy atom. The van der Waals surface area contributed by atoms with Crippen LogP contribution in [0.25, 0.3) is 0 Å². The molecule has 5 heteroatoms. The van der Waals surface area contributed by atoms with Gasteiger partial charge in [-0.25, -0.2) is 0 Å². The molecule has 0 unspecified atom stereocenters. The summed E-state index contributed by atoms with van der Waals surface area (Å²) in [5, 5.41) is 12.1. The molecular formula is C21H31NO4. The fourth-order valence-electron chi connectivity index (χ4n) is 3.41. The maximum absolute atomic E-state index is 12.7. The summed E-state index contributed by atoms with van der Waals surface area (Å²) in [6.07, 6.45) is 2.91. The summed E-state index contributed by atoms with van der Waals surface area (Å²) >= 11 is 0. The van der Waals surface area contributed by atoms with Gasteiger partial charge in [0.15, 0.2) is 5.76 Å². The fraction of sp³-hybridized carbons (Fsp3) is 0.571. The van der Waals surface area contributed by atoms with E-state index in [4.69, 9.17) is 9.47 Å². The standard InChI is InChI=1S/C21H31NO4/c1-5-25-20-16(12-9-13-23)17(21(2,3)4)14-18(26-20)19(24)22-15-10-7-6-8-11-15/h6-8,10-11,14,16-17,20,23H,5,9,12-13H2,1-4H3,(H,22,24)/t16-,17+,20-/m0/s1. The molecule has 5 nitrogen and oxygen atoms in total. The summed E-state index contributed by atoms with van der Waals surface area (Å²) in [4.78, 5) is 12.7. The van der Waals surface area contributed by atoms with Gasteiger partial charge in [0.1, 0.15) is 0 Å². The first-order chi connectivity index (χ1) is 12.4. The second kappa shape index (κ2) is 9.19. The SMILES string of the molecule is CCO[C@H]1OC(C(=O)Nc2ccccc2)=C[C@@H](C(C)(C)C)[C@@H]1CCCO. The Morgan fingerprint density at radius 2 is 1.96 bits per heavy atom. The minimum Gasteiger partial charge on any atom is -0.459 e. The van der Waals surface area contributed by atoms with Gasteiger partial charge in [0.25, 0.3) is 5.91 Å². The number of hydrogen-bond acceptors (Lipinski definition) is 4. The number of hydrogen-bond donors (Lipinski definition) is 2. The first-order valence-corrected chi connectivity index (χ1v) is 9.34. The summed E-state index contributed by atoms with van der Waals surface area (Å²) in [6, 6.07) is 9.33. The minimum absolute atomic E-state index is 0.0580. The van der Waals surface area contributed by atoms with Crippen molar-refractivity contribution in [3.8, 4) is 0 Å². The smallest absolute Gasteiger partial charge is 0.290 e. The first kappa shape index (κ1) is 20.5. The van der Waals surface area contributed by atoms with Gasteiger partial charge in [-0.15, -0.1) is 0 Å². The Hall–Kier alpha value is -1.85. The van der Waals surface area contributed by atoms with Crippen LogP contribution < -0.4 is 5.32 Å². The van der Waals surface area contributed by atoms with Gasteiger partial charge < -0.3 is 19.9 Å². The van der Waals surface area contributed by atoms with Crippen LogP contribution in [0.2, 0.25) is 0 Å². The van der Waals surface area contributed by atoms with Crippen LogP contribution >= 0.6 is 0 Å². The molecule has 0 spiro atoms. The number of rotatable bonds is 7. The molecule has 144 valence electrons. The topological polar surface area (TPSA) is 67.8 Å². The van der Waals surface area contributed by atoms with Gasteiger partial charge in [0.05, 0.1) is 0 Å². The molecule has 26 heavy (non-hydrogen) atoms. The van der Waals surface area contributed by atoms with Crippen molar-refractivity contribution >= 4 is 11.6 Å².